The summed E-state index contributed by atoms with van der Waals surface area (Å²) in [7, 11) is 1.84. The van der Waals surface area contributed by atoms with E-state index in [9.17, 15) is 9.90 Å². The number of aromatic nitrogens is 5. The summed E-state index contributed by atoms with van der Waals surface area (Å²) in [5, 5.41) is 17.3. The molecule has 2 heterocycles. The molecule has 2 aromatic rings. The molecule has 112 valence electrons. The number of carbonyl (C=O) groups is 1. The largest absolute Gasteiger partial charge is 0.476 e. The van der Waals surface area contributed by atoms with Gasteiger partial charge in [-0.25, -0.2) is 14.5 Å². The fourth-order valence-electron chi connectivity index (χ4n) is 3.04. The van der Waals surface area contributed by atoms with Crippen molar-refractivity contribution in [3.05, 3.63) is 18.2 Å². The van der Waals surface area contributed by atoms with Gasteiger partial charge in [0.05, 0.1) is 18.2 Å². The van der Waals surface area contributed by atoms with Crippen LogP contribution in [0.15, 0.2) is 12.5 Å². The first-order valence-corrected chi connectivity index (χ1v) is 7.30. The van der Waals surface area contributed by atoms with Gasteiger partial charge in [0.2, 0.25) is 0 Å². The Balaban J connectivity index is 1.97. The van der Waals surface area contributed by atoms with Gasteiger partial charge in [-0.3, -0.25) is 0 Å². The number of hydrogen-bond acceptors (Lipinski definition) is 4. The highest BCUT2D eigenvalue weighted by molar-refractivity contribution is 5.92. The highest BCUT2D eigenvalue weighted by atomic mass is 16.4. The predicted octanol–water partition coefficient (Wildman–Crippen LogP) is 1.96. The molecule has 0 aromatic carbocycles. The summed E-state index contributed by atoms with van der Waals surface area (Å²) in [6.45, 7) is 0.723. The predicted molar refractivity (Wildman–Crippen MR) is 75.8 cm³/mol. The third-order valence-corrected chi connectivity index (χ3v) is 4.15. The van der Waals surface area contributed by atoms with Crippen LogP contribution in [0.4, 0.5) is 0 Å². The monoisotopic (exact) mass is 289 g/mol. The number of carboxylic acids is 1. The topological polar surface area (TPSA) is 85.8 Å². The van der Waals surface area contributed by atoms with Crippen LogP contribution in [0.1, 0.15) is 42.6 Å². The second-order valence-electron chi connectivity index (χ2n) is 5.67. The number of aromatic carboxylic acids is 1. The Labute approximate surface area is 122 Å². The summed E-state index contributed by atoms with van der Waals surface area (Å²) >= 11 is 0. The highest BCUT2D eigenvalue weighted by Crippen LogP contribution is 2.28. The number of carboxylic acid groups (broad SMARTS) is 1. The molecule has 0 amide bonds. The number of nitrogens with zero attached hydrogens (tertiary/aromatic N) is 5. The number of aryl methyl sites for hydroxylation is 1. The third kappa shape index (κ3) is 2.68. The Bertz CT molecular complexity index is 640. The molecule has 1 saturated carbocycles. The van der Waals surface area contributed by atoms with Crippen LogP contribution in [-0.2, 0) is 13.6 Å². The van der Waals surface area contributed by atoms with Crippen molar-refractivity contribution < 1.29 is 9.90 Å². The molecule has 0 unspecified atom stereocenters. The fraction of sp³-hybridized carbons (Fsp3) is 0.571. The lowest BCUT2D eigenvalue weighted by Gasteiger charge is -2.21. The van der Waals surface area contributed by atoms with Gasteiger partial charge < -0.3 is 9.67 Å². The molecule has 3 rings (SSSR count). The van der Waals surface area contributed by atoms with Gasteiger partial charge in [-0.05, 0) is 18.8 Å². The van der Waals surface area contributed by atoms with Gasteiger partial charge in [0.1, 0.15) is 5.69 Å². The van der Waals surface area contributed by atoms with E-state index in [1.807, 2.05) is 7.05 Å². The number of imidazole rings is 1. The van der Waals surface area contributed by atoms with Crippen molar-refractivity contribution >= 4 is 5.97 Å². The van der Waals surface area contributed by atoms with E-state index in [2.05, 4.69) is 15.3 Å². The first kappa shape index (κ1) is 13.8. The van der Waals surface area contributed by atoms with E-state index < -0.39 is 5.97 Å². The Morgan fingerprint density at radius 1 is 1.38 bits per heavy atom. The lowest BCUT2D eigenvalue weighted by atomic mass is 9.89. The van der Waals surface area contributed by atoms with Crippen molar-refractivity contribution in [2.24, 2.45) is 13.0 Å². The van der Waals surface area contributed by atoms with Crippen LogP contribution in [-0.4, -0.2) is 35.6 Å². The summed E-state index contributed by atoms with van der Waals surface area (Å²) in [6.07, 6.45) is 9.43. The van der Waals surface area contributed by atoms with Crippen molar-refractivity contribution in [3.63, 3.8) is 0 Å². The Hall–Kier alpha value is -2.18. The molecule has 1 aliphatic rings. The van der Waals surface area contributed by atoms with E-state index >= 15 is 0 Å². The number of rotatable bonds is 4. The van der Waals surface area contributed by atoms with Crippen molar-refractivity contribution in [2.45, 2.75) is 38.6 Å². The summed E-state index contributed by atoms with van der Waals surface area (Å²) in [5.74, 6) is -0.504. The van der Waals surface area contributed by atoms with Crippen molar-refractivity contribution in [1.82, 2.24) is 24.5 Å². The minimum absolute atomic E-state index is 0.00518. The maximum Gasteiger partial charge on any atom is 0.358 e. The zero-order chi connectivity index (χ0) is 14.8. The molecule has 2 aromatic heterocycles. The Morgan fingerprint density at radius 2 is 2.14 bits per heavy atom. The molecule has 21 heavy (non-hydrogen) atoms. The molecule has 1 fully saturated rings. The molecule has 0 atom stereocenters. The maximum absolute atomic E-state index is 11.4. The van der Waals surface area contributed by atoms with Gasteiger partial charge in [-0.2, -0.15) is 0 Å². The van der Waals surface area contributed by atoms with E-state index in [4.69, 9.17) is 0 Å². The molecule has 1 N–H and O–H groups in total. The van der Waals surface area contributed by atoms with Crippen LogP contribution in [0.5, 0.6) is 0 Å². The van der Waals surface area contributed by atoms with E-state index in [1.165, 1.54) is 32.1 Å². The normalized spacial score (nSPS) is 16.2. The van der Waals surface area contributed by atoms with Crippen LogP contribution in [0.2, 0.25) is 0 Å². The van der Waals surface area contributed by atoms with Crippen LogP contribution in [0.25, 0.3) is 11.4 Å². The molecule has 0 aliphatic heterocycles. The van der Waals surface area contributed by atoms with Gasteiger partial charge in [-0.15, -0.1) is 5.10 Å². The van der Waals surface area contributed by atoms with Crippen LogP contribution >= 0.6 is 0 Å². The molecule has 0 spiro atoms. The first-order chi connectivity index (χ1) is 10.2. The fourth-order valence-corrected chi connectivity index (χ4v) is 3.04. The average molecular weight is 289 g/mol. The molecular formula is C14H19N5O2. The minimum atomic E-state index is -1.05. The standard InChI is InChI=1S/C14H19N5O2/c1-18-9-15-7-11(18)13-12(14(20)21)16-17-19(13)8-10-5-3-2-4-6-10/h7,9-10H,2-6,8H2,1H3,(H,20,21). The van der Waals surface area contributed by atoms with Gasteiger partial charge in [0.25, 0.3) is 0 Å². The lowest BCUT2D eigenvalue weighted by Crippen LogP contribution is -2.16. The van der Waals surface area contributed by atoms with Crippen LogP contribution in [0.3, 0.4) is 0 Å². The van der Waals surface area contributed by atoms with Crippen LogP contribution in [0, 0.1) is 5.92 Å². The summed E-state index contributed by atoms with van der Waals surface area (Å²) < 4.78 is 3.53. The second kappa shape index (κ2) is 5.67. The van der Waals surface area contributed by atoms with E-state index in [1.54, 1.807) is 21.8 Å². The first-order valence-electron chi connectivity index (χ1n) is 7.30. The van der Waals surface area contributed by atoms with Crippen molar-refractivity contribution in [1.29, 1.82) is 0 Å². The van der Waals surface area contributed by atoms with Gasteiger partial charge in [0.15, 0.2) is 5.69 Å². The molecular weight excluding hydrogens is 270 g/mol. The van der Waals surface area contributed by atoms with E-state index in [-0.39, 0.29) is 5.69 Å². The SMILES string of the molecule is Cn1cncc1-c1c(C(=O)O)nnn1CC1CCCCC1. The second-order valence-corrected chi connectivity index (χ2v) is 5.67. The Morgan fingerprint density at radius 3 is 2.76 bits per heavy atom. The lowest BCUT2D eigenvalue weighted by molar-refractivity contribution is 0.0691. The number of hydrogen-bond donors (Lipinski definition) is 1. The molecule has 0 saturated heterocycles. The maximum atomic E-state index is 11.4. The Kier molecular flexibility index (Phi) is 3.72. The zero-order valence-corrected chi connectivity index (χ0v) is 12.1. The van der Waals surface area contributed by atoms with Crippen molar-refractivity contribution in [2.75, 3.05) is 0 Å². The summed E-state index contributed by atoms with van der Waals surface area (Å²) in [4.78, 5) is 15.5. The smallest absolute Gasteiger partial charge is 0.358 e. The van der Waals surface area contributed by atoms with E-state index in [0.717, 1.165) is 12.2 Å². The summed E-state index contributed by atoms with van der Waals surface area (Å²) in [6, 6.07) is 0. The molecule has 0 bridgehead atoms. The van der Waals surface area contributed by atoms with Crippen molar-refractivity contribution in [3.8, 4) is 11.4 Å². The molecule has 7 heteroatoms. The van der Waals surface area contributed by atoms with Gasteiger partial charge >= 0.3 is 5.97 Å². The molecule has 1 aliphatic carbocycles. The zero-order valence-electron chi connectivity index (χ0n) is 12.1. The van der Waals surface area contributed by atoms with E-state index in [0.29, 0.717) is 11.6 Å². The van der Waals surface area contributed by atoms with Crippen LogP contribution < -0.4 is 0 Å². The molecule has 0 radical (unpaired) electrons. The molecule has 7 nitrogen and oxygen atoms in total. The highest BCUT2D eigenvalue weighted by Gasteiger charge is 2.24. The van der Waals surface area contributed by atoms with Gasteiger partial charge in [-0.1, -0.05) is 24.5 Å². The van der Waals surface area contributed by atoms with Gasteiger partial charge in [0, 0.05) is 13.6 Å². The third-order valence-electron chi connectivity index (χ3n) is 4.15. The summed E-state index contributed by atoms with van der Waals surface area (Å²) in [5.41, 5.74) is 1.27. The average Bonchev–Trinajstić information content (AvgIpc) is 3.06. The minimum Gasteiger partial charge on any atom is -0.476 e. The quantitative estimate of drug-likeness (QED) is 0.929.